The Bertz CT molecular complexity index is 486. The Labute approximate surface area is 124 Å². The van der Waals surface area contributed by atoms with E-state index in [0.29, 0.717) is 24.2 Å². The van der Waals surface area contributed by atoms with E-state index < -0.39 is 0 Å². The van der Waals surface area contributed by atoms with Crippen LogP contribution < -0.4 is 5.73 Å². The molecule has 2 heterocycles. The third-order valence-corrected chi connectivity index (χ3v) is 4.74. The van der Waals surface area contributed by atoms with Crippen molar-refractivity contribution in [2.45, 2.75) is 37.9 Å². The van der Waals surface area contributed by atoms with Crippen LogP contribution in [0.25, 0.3) is 0 Å². The fourth-order valence-electron chi connectivity index (χ4n) is 3.44. The van der Waals surface area contributed by atoms with E-state index in [1.54, 1.807) is 0 Å². The first kappa shape index (κ1) is 14.9. The fraction of sp³-hybridized carbons (Fsp3) is 0.625. The van der Waals surface area contributed by atoms with Gasteiger partial charge in [-0.3, -0.25) is 9.80 Å². The van der Waals surface area contributed by atoms with E-state index in [1.807, 2.05) is 0 Å². The lowest BCUT2D eigenvalue weighted by Crippen LogP contribution is -2.46. The molecule has 3 rings (SSSR count). The molecule has 1 aromatic carbocycles. The first-order valence-corrected chi connectivity index (χ1v) is 7.78. The van der Waals surface area contributed by atoms with Crippen molar-refractivity contribution >= 4 is 0 Å². The molecule has 0 spiro atoms. The zero-order valence-corrected chi connectivity index (χ0v) is 12.3. The highest BCUT2D eigenvalue weighted by Crippen LogP contribution is 2.22. The maximum Gasteiger partial charge on any atom is 0.127 e. The molecular formula is C16H23F2N3. The average molecular weight is 295 g/mol. The average Bonchev–Trinajstić information content (AvgIpc) is 2.92. The molecule has 2 saturated heterocycles. The summed E-state index contributed by atoms with van der Waals surface area (Å²) in [6.45, 7) is 4.50. The molecule has 1 atom stereocenters. The van der Waals surface area contributed by atoms with Gasteiger partial charge in [0.15, 0.2) is 0 Å². The third kappa shape index (κ3) is 3.59. The molecule has 2 fully saturated rings. The second-order valence-corrected chi connectivity index (χ2v) is 6.29. The highest BCUT2D eigenvalue weighted by Gasteiger charge is 2.30. The van der Waals surface area contributed by atoms with Crippen molar-refractivity contribution in [3.63, 3.8) is 0 Å². The molecule has 2 aliphatic rings. The minimum atomic E-state index is -0.368. The van der Waals surface area contributed by atoms with Gasteiger partial charge in [-0.1, -0.05) is 0 Å². The number of nitrogens with two attached hydrogens (primary N) is 1. The first-order valence-electron chi connectivity index (χ1n) is 7.78. The zero-order chi connectivity index (χ0) is 14.8. The number of hydrogen-bond donors (Lipinski definition) is 1. The molecule has 0 aromatic heterocycles. The topological polar surface area (TPSA) is 32.5 Å². The summed E-state index contributed by atoms with van der Waals surface area (Å²) in [5, 5.41) is 0. The second-order valence-electron chi connectivity index (χ2n) is 6.29. The highest BCUT2D eigenvalue weighted by molar-refractivity contribution is 5.18. The minimum absolute atomic E-state index is 0.316. The Hall–Kier alpha value is -1.04. The van der Waals surface area contributed by atoms with Gasteiger partial charge in [0.05, 0.1) is 0 Å². The molecule has 2 N–H and O–H groups in total. The van der Waals surface area contributed by atoms with E-state index in [2.05, 4.69) is 9.80 Å². The lowest BCUT2D eigenvalue weighted by Gasteiger charge is -2.34. The Morgan fingerprint density at radius 2 is 1.86 bits per heavy atom. The largest absolute Gasteiger partial charge is 0.328 e. The molecule has 116 valence electrons. The first-order chi connectivity index (χ1) is 10.1. The summed E-state index contributed by atoms with van der Waals surface area (Å²) < 4.78 is 26.9. The summed E-state index contributed by atoms with van der Waals surface area (Å²) in [5.74, 6) is -0.684. The molecule has 5 heteroatoms. The maximum atomic E-state index is 13.7. The van der Waals surface area contributed by atoms with Crippen LogP contribution in [0.4, 0.5) is 8.78 Å². The van der Waals surface area contributed by atoms with Gasteiger partial charge in [-0.2, -0.15) is 0 Å². The van der Waals surface area contributed by atoms with E-state index >= 15 is 0 Å². The quantitative estimate of drug-likeness (QED) is 0.925. The molecule has 0 amide bonds. The number of hydrogen-bond acceptors (Lipinski definition) is 3. The summed E-state index contributed by atoms with van der Waals surface area (Å²) in [6.07, 6.45) is 3.23. The summed E-state index contributed by atoms with van der Waals surface area (Å²) in [6, 6.07) is 4.57. The van der Waals surface area contributed by atoms with Gasteiger partial charge in [-0.25, -0.2) is 8.78 Å². The number of rotatable bonds is 3. The molecule has 1 unspecified atom stereocenters. The molecule has 2 aliphatic heterocycles. The van der Waals surface area contributed by atoms with E-state index in [1.165, 1.54) is 18.2 Å². The van der Waals surface area contributed by atoms with Crippen LogP contribution >= 0.6 is 0 Å². The van der Waals surface area contributed by atoms with Gasteiger partial charge in [0.1, 0.15) is 11.6 Å². The molecule has 3 nitrogen and oxygen atoms in total. The Morgan fingerprint density at radius 1 is 1.10 bits per heavy atom. The number of likely N-dealkylation sites (tertiary alicyclic amines) is 2. The SMILES string of the molecule is NC1CCN(C2CCN(Cc3cc(F)ccc3F)C2)CC1. The summed E-state index contributed by atoms with van der Waals surface area (Å²) in [7, 11) is 0. The van der Waals surface area contributed by atoms with Crippen LogP contribution in [-0.2, 0) is 6.54 Å². The summed E-state index contributed by atoms with van der Waals surface area (Å²) in [5.41, 5.74) is 6.40. The van der Waals surface area contributed by atoms with E-state index in [-0.39, 0.29) is 11.6 Å². The standard InChI is InChI=1S/C16H23F2N3/c17-13-1-2-16(18)12(9-13)10-20-6-5-15(11-20)21-7-3-14(19)4-8-21/h1-2,9,14-15H,3-8,10-11,19H2. The van der Waals surface area contributed by atoms with Gasteiger partial charge in [0.2, 0.25) is 0 Å². The van der Waals surface area contributed by atoms with E-state index in [4.69, 9.17) is 5.73 Å². The van der Waals surface area contributed by atoms with Crippen LogP contribution in [0.1, 0.15) is 24.8 Å². The van der Waals surface area contributed by atoms with Gasteiger partial charge in [-0.15, -0.1) is 0 Å². The van der Waals surface area contributed by atoms with Crippen LogP contribution in [0.15, 0.2) is 18.2 Å². The molecule has 1 aromatic rings. The summed E-state index contributed by atoms with van der Waals surface area (Å²) in [4.78, 5) is 4.72. The van der Waals surface area contributed by atoms with Gasteiger partial charge >= 0.3 is 0 Å². The van der Waals surface area contributed by atoms with Crippen molar-refractivity contribution < 1.29 is 8.78 Å². The molecular weight excluding hydrogens is 272 g/mol. The summed E-state index contributed by atoms with van der Waals surface area (Å²) >= 11 is 0. The normalized spacial score (nSPS) is 25.6. The molecule has 0 aliphatic carbocycles. The lowest BCUT2D eigenvalue weighted by atomic mass is 10.0. The molecule has 0 saturated carbocycles. The predicted octanol–water partition coefficient (Wildman–Crippen LogP) is 1.96. The van der Waals surface area contributed by atoms with Gasteiger partial charge < -0.3 is 5.73 Å². The third-order valence-electron chi connectivity index (χ3n) is 4.74. The van der Waals surface area contributed by atoms with Crippen LogP contribution in [-0.4, -0.2) is 48.1 Å². The number of piperidine rings is 1. The Morgan fingerprint density at radius 3 is 2.62 bits per heavy atom. The number of nitrogens with zero attached hydrogens (tertiary/aromatic N) is 2. The van der Waals surface area contributed by atoms with Crippen LogP contribution in [0, 0.1) is 11.6 Å². The van der Waals surface area contributed by atoms with Crippen LogP contribution in [0.3, 0.4) is 0 Å². The molecule has 0 radical (unpaired) electrons. The molecule has 0 bridgehead atoms. The van der Waals surface area contributed by atoms with Crippen molar-refractivity contribution in [2.24, 2.45) is 5.73 Å². The van der Waals surface area contributed by atoms with Crippen molar-refractivity contribution in [2.75, 3.05) is 26.2 Å². The van der Waals surface area contributed by atoms with Crippen LogP contribution in [0.5, 0.6) is 0 Å². The minimum Gasteiger partial charge on any atom is -0.328 e. The number of benzene rings is 1. The zero-order valence-electron chi connectivity index (χ0n) is 12.3. The highest BCUT2D eigenvalue weighted by atomic mass is 19.1. The van der Waals surface area contributed by atoms with E-state index in [0.717, 1.165) is 45.4 Å². The monoisotopic (exact) mass is 295 g/mol. The van der Waals surface area contributed by atoms with Gasteiger partial charge in [0, 0.05) is 37.3 Å². The molecule has 21 heavy (non-hydrogen) atoms. The second kappa shape index (κ2) is 6.38. The Kier molecular flexibility index (Phi) is 4.52. The van der Waals surface area contributed by atoms with Crippen molar-refractivity contribution in [3.8, 4) is 0 Å². The van der Waals surface area contributed by atoms with Crippen LogP contribution in [0.2, 0.25) is 0 Å². The van der Waals surface area contributed by atoms with Crippen molar-refractivity contribution in [1.29, 1.82) is 0 Å². The maximum absolute atomic E-state index is 13.7. The van der Waals surface area contributed by atoms with Gasteiger partial charge in [-0.05, 0) is 50.6 Å². The lowest BCUT2D eigenvalue weighted by molar-refractivity contribution is 0.151. The predicted molar refractivity (Wildman–Crippen MR) is 78.8 cm³/mol. The van der Waals surface area contributed by atoms with Gasteiger partial charge in [0.25, 0.3) is 0 Å². The Balaban J connectivity index is 1.56. The van der Waals surface area contributed by atoms with Crippen molar-refractivity contribution in [3.05, 3.63) is 35.4 Å². The van der Waals surface area contributed by atoms with Crippen molar-refractivity contribution in [1.82, 2.24) is 9.80 Å². The van der Waals surface area contributed by atoms with E-state index in [9.17, 15) is 8.78 Å². The number of halogens is 2. The fourth-order valence-corrected chi connectivity index (χ4v) is 3.44. The smallest absolute Gasteiger partial charge is 0.127 e.